The van der Waals surface area contributed by atoms with Crippen molar-refractivity contribution in [2.45, 2.75) is 27.4 Å². The standard InChI is InChI=1S/C22H26O2S4/c1-4-22(23)24-19(15-27-20-9-5-7-17(11-20)13-25-2)16-28-21-10-6-8-18(12-21)14-26-3/h4-12,19H,1,13-16H2,2-3H3. The Bertz CT molecular complexity index is 710. The topological polar surface area (TPSA) is 26.3 Å². The highest BCUT2D eigenvalue weighted by atomic mass is 32.2. The molecule has 0 spiro atoms. The van der Waals surface area contributed by atoms with Crippen LogP contribution in [0.25, 0.3) is 0 Å². The lowest BCUT2D eigenvalue weighted by Gasteiger charge is -2.17. The maximum Gasteiger partial charge on any atom is 0.330 e. The van der Waals surface area contributed by atoms with Gasteiger partial charge in [0, 0.05) is 38.9 Å². The van der Waals surface area contributed by atoms with Gasteiger partial charge in [-0.15, -0.1) is 23.5 Å². The molecule has 0 fully saturated rings. The van der Waals surface area contributed by atoms with Crippen LogP contribution in [0.3, 0.4) is 0 Å². The highest BCUT2D eigenvalue weighted by molar-refractivity contribution is 8.00. The van der Waals surface area contributed by atoms with E-state index < -0.39 is 0 Å². The van der Waals surface area contributed by atoms with Gasteiger partial charge < -0.3 is 4.74 Å². The van der Waals surface area contributed by atoms with Gasteiger partial charge >= 0.3 is 5.97 Å². The molecule has 6 heteroatoms. The van der Waals surface area contributed by atoms with Crippen LogP contribution in [0.5, 0.6) is 0 Å². The molecule has 0 aliphatic rings. The Balaban J connectivity index is 1.97. The fourth-order valence-electron chi connectivity index (χ4n) is 2.49. The lowest BCUT2D eigenvalue weighted by atomic mass is 10.2. The summed E-state index contributed by atoms with van der Waals surface area (Å²) in [5.74, 6) is 3.09. The van der Waals surface area contributed by atoms with Crippen LogP contribution in [0.1, 0.15) is 11.1 Å². The van der Waals surface area contributed by atoms with Crippen molar-refractivity contribution in [1.29, 1.82) is 0 Å². The largest absolute Gasteiger partial charge is 0.457 e. The summed E-state index contributed by atoms with van der Waals surface area (Å²) in [6, 6.07) is 17.1. The molecule has 2 aromatic rings. The van der Waals surface area contributed by atoms with E-state index in [1.54, 1.807) is 23.5 Å². The van der Waals surface area contributed by atoms with Crippen molar-refractivity contribution in [2.75, 3.05) is 24.0 Å². The van der Waals surface area contributed by atoms with E-state index in [4.69, 9.17) is 4.74 Å². The van der Waals surface area contributed by atoms with Gasteiger partial charge in [-0.3, -0.25) is 0 Å². The van der Waals surface area contributed by atoms with Gasteiger partial charge in [-0.25, -0.2) is 4.79 Å². The van der Waals surface area contributed by atoms with Gasteiger partial charge in [0.2, 0.25) is 0 Å². The second kappa shape index (κ2) is 13.3. The minimum absolute atomic E-state index is 0.172. The van der Waals surface area contributed by atoms with Crippen LogP contribution < -0.4 is 0 Å². The smallest absolute Gasteiger partial charge is 0.330 e. The number of carbonyl (C=O) groups excluding carboxylic acids is 1. The fourth-order valence-corrected chi connectivity index (χ4v) is 5.61. The Kier molecular flexibility index (Phi) is 11.1. The second-order valence-corrected chi connectivity index (χ2v) is 9.96. The SMILES string of the molecule is C=CC(=O)OC(CSc1cccc(CSC)c1)CSc1cccc(CSC)c1. The summed E-state index contributed by atoms with van der Waals surface area (Å²) < 4.78 is 5.59. The predicted molar refractivity (Wildman–Crippen MR) is 129 cm³/mol. The van der Waals surface area contributed by atoms with E-state index in [-0.39, 0.29) is 12.1 Å². The van der Waals surface area contributed by atoms with Crippen LogP contribution in [0.4, 0.5) is 0 Å². The minimum Gasteiger partial charge on any atom is -0.457 e. The van der Waals surface area contributed by atoms with Crippen molar-refractivity contribution in [3.05, 3.63) is 72.3 Å². The number of rotatable bonds is 12. The predicted octanol–water partition coefficient (Wildman–Crippen LogP) is 6.39. The molecular formula is C22H26O2S4. The summed E-state index contributed by atoms with van der Waals surface area (Å²) in [5, 5.41) is 0. The van der Waals surface area contributed by atoms with E-state index in [9.17, 15) is 4.79 Å². The Morgan fingerprint density at radius 1 is 0.964 bits per heavy atom. The van der Waals surface area contributed by atoms with Crippen molar-refractivity contribution < 1.29 is 9.53 Å². The van der Waals surface area contributed by atoms with Crippen molar-refractivity contribution in [3.8, 4) is 0 Å². The number of benzene rings is 2. The monoisotopic (exact) mass is 450 g/mol. The second-order valence-electron chi connectivity index (χ2n) is 6.05. The van der Waals surface area contributed by atoms with E-state index >= 15 is 0 Å². The minimum atomic E-state index is -0.363. The van der Waals surface area contributed by atoms with Gasteiger partial charge in [0.25, 0.3) is 0 Å². The maximum atomic E-state index is 11.8. The van der Waals surface area contributed by atoms with Crippen molar-refractivity contribution in [1.82, 2.24) is 0 Å². The quantitative estimate of drug-likeness (QED) is 0.211. The van der Waals surface area contributed by atoms with Gasteiger partial charge in [-0.05, 0) is 47.9 Å². The molecule has 2 aromatic carbocycles. The maximum absolute atomic E-state index is 11.8. The Morgan fingerprint density at radius 3 is 1.89 bits per heavy atom. The van der Waals surface area contributed by atoms with Crippen LogP contribution >= 0.6 is 47.0 Å². The molecule has 0 aliphatic heterocycles. The summed E-state index contributed by atoms with van der Waals surface area (Å²) in [6.45, 7) is 3.52. The van der Waals surface area contributed by atoms with Crippen LogP contribution in [0, 0.1) is 0 Å². The molecule has 0 N–H and O–H groups in total. The molecule has 0 amide bonds. The zero-order valence-corrected chi connectivity index (χ0v) is 19.5. The highest BCUT2D eigenvalue weighted by Crippen LogP contribution is 2.26. The third kappa shape index (κ3) is 8.60. The summed E-state index contributed by atoms with van der Waals surface area (Å²) >= 11 is 7.09. The summed E-state index contributed by atoms with van der Waals surface area (Å²) in [7, 11) is 0. The zero-order chi connectivity index (χ0) is 20.2. The molecule has 0 bridgehead atoms. The van der Waals surface area contributed by atoms with Gasteiger partial charge in [0.15, 0.2) is 0 Å². The molecule has 0 saturated carbocycles. The first-order valence-electron chi connectivity index (χ1n) is 8.89. The molecule has 0 heterocycles. The van der Waals surface area contributed by atoms with Crippen LogP contribution in [-0.4, -0.2) is 36.1 Å². The summed E-state index contributed by atoms with van der Waals surface area (Å²) in [6.07, 6.45) is 5.28. The molecule has 0 radical (unpaired) electrons. The van der Waals surface area contributed by atoms with Crippen molar-refractivity contribution in [2.24, 2.45) is 0 Å². The Labute approximate surface area is 185 Å². The molecule has 2 rings (SSSR count). The van der Waals surface area contributed by atoms with Crippen LogP contribution in [-0.2, 0) is 21.0 Å². The molecular weight excluding hydrogens is 425 g/mol. The first kappa shape index (κ1) is 23.3. The number of ether oxygens (including phenoxy) is 1. The molecule has 0 atom stereocenters. The fraction of sp³-hybridized carbons (Fsp3) is 0.318. The van der Waals surface area contributed by atoms with E-state index in [0.717, 1.165) is 23.0 Å². The number of hydrogen-bond donors (Lipinski definition) is 0. The van der Waals surface area contributed by atoms with Gasteiger partial charge in [0.05, 0.1) is 0 Å². The number of carbonyl (C=O) groups is 1. The van der Waals surface area contributed by atoms with Crippen molar-refractivity contribution in [3.63, 3.8) is 0 Å². The average molecular weight is 451 g/mol. The van der Waals surface area contributed by atoms with E-state index in [1.807, 2.05) is 23.5 Å². The summed E-state index contributed by atoms with van der Waals surface area (Å²) in [4.78, 5) is 14.2. The van der Waals surface area contributed by atoms with Crippen molar-refractivity contribution >= 4 is 53.0 Å². The molecule has 0 unspecified atom stereocenters. The highest BCUT2D eigenvalue weighted by Gasteiger charge is 2.15. The Hall–Kier alpha value is -0.950. The number of esters is 1. The lowest BCUT2D eigenvalue weighted by molar-refractivity contribution is -0.140. The number of hydrogen-bond acceptors (Lipinski definition) is 6. The Morgan fingerprint density at radius 2 is 1.46 bits per heavy atom. The normalized spacial score (nSPS) is 10.8. The molecule has 0 aromatic heterocycles. The molecule has 2 nitrogen and oxygen atoms in total. The third-order valence-electron chi connectivity index (χ3n) is 3.74. The van der Waals surface area contributed by atoms with Gasteiger partial charge in [-0.2, -0.15) is 23.5 Å². The molecule has 0 saturated heterocycles. The van der Waals surface area contributed by atoms with Crippen LogP contribution in [0.15, 0.2) is 71.0 Å². The zero-order valence-electron chi connectivity index (χ0n) is 16.3. The molecule has 150 valence electrons. The van der Waals surface area contributed by atoms with Gasteiger partial charge in [0.1, 0.15) is 6.10 Å². The summed E-state index contributed by atoms with van der Waals surface area (Å²) in [5.41, 5.74) is 2.63. The first-order chi connectivity index (χ1) is 13.6. The number of thioether (sulfide) groups is 4. The van der Waals surface area contributed by atoms with E-state index in [0.29, 0.717) is 0 Å². The first-order valence-corrected chi connectivity index (χ1v) is 13.6. The lowest BCUT2D eigenvalue weighted by Crippen LogP contribution is -2.22. The third-order valence-corrected chi connectivity index (χ3v) is 7.24. The van der Waals surface area contributed by atoms with Crippen LogP contribution in [0.2, 0.25) is 0 Å². The van der Waals surface area contributed by atoms with E-state index in [1.165, 1.54) is 27.0 Å². The molecule has 28 heavy (non-hydrogen) atoms. The van der Waals surface area contributed by atoms with Gasteiger partial charge in [-0.1, -0.05) is 30.8 Å². The molecule has 0 aliphatic carbocycles. The van der Waals surface area contributed by atoms with E-state index in [2.05, 4.69) is 67.6 Å². The average Bonchev–Trinajstić information content (AvgIpc) is 2.71.